The van der Waals surface area contributed by atoms with E-state index >= 15 is 0 Å². The van der Waals surface area contributed by atoms with Crippen LogP contribution in [-0.2, 0) is 6.42 Å². The van der Waals surface area contributed by atoms with Gasteiger partial charge in [-0.05, 0) is 12.0 Å². The third kappa shape index (κ3) is 1.71. The molecule has 3 nitrogen and oxygen atoms in total. The van der Waals surface area contributed by atoms with Crippen LogP contribution in [-0.4, -0.2) is 23.3 Å². The van der Waals surface area contributed by atoms with E-state index in [1.807, 2.05) is 0 Å². The molecular formula is C16H12O3. The zero-order valence-electron chi connectivity index (χ0n) is 10.2. The van der Waals surface area contributed by atoms with Gasteiger partial charge in [0, 0.05) is 28.9 Å². The Balaban J connectivity index is 2.27. The van der Waals surface area contributed by atoms with Crippen LogP contribution in [0, 0.1) is 0 Å². The maximum Gasteiger partial charge on any atom is 0.194 e. The molecule has 1 aliphatic rings. The van der Waals surface area contributed by atoms with Gasteiger partial charge in [0.2, 0.25) is 0 Å². The Kier molecular flexibility index (Phi) is 2.76. The number of aliphatic hydroxyl groups excluding tert-OH is 1. The fraction of sp³-hybridized carbons (Fsp3) is 0.125. The molecule has 0 heterocycles. The molecular weight excluding hydrogens is 240 g/mol. The number of ketones is 2. The summed E-state index contributed by atoms with van der Waals surface area (Å²) in [6.45, 7) is -0.0421. The molecule has 0 aliphatic heterocycles. The van der Waals surface area contributed by atoms with Crippen molar-refractivity contribution in [3.63, 3.8) is 0 Å². The molecule has 2 aromatic carbocycles. The minimum atomic E-state index is -0.130. The number of hydrogen-bond acceptors (Lipinski definition) is 3. The van der Waals surface area contributed by atoms with Crippen molar-refractivity contribution in [1.82, 2.24) is 0 Å². The molecule has 3 rings (SSSR count). The fourth-order valence-electron chi connectivity index (χ4n) is 2.55. The van der Waals surface area contributed by atoms with Crippen LogP contribution in [0.5, 0.6) is 0 Å². The summed E-state index contributed by atoms with van der Waals surface area (Å²) >= 11 is 0. The number of benzene rings is 2. The van der Waals surface area contributed by atoms with E-state index in [-0.39, 0.29) is 18.2 Å². The molecule has 0 bridgehead atoms. The zero-order valence-corrected chi connectivity index (χ0v) is 10.2. The molecule has 0 fully saturated rings. The van der Waals surface area contributed by atoms with E-state index in [4.69, 9.17) is 5.11 Å². The Hall–Kier alpha value is -2.26. The van der Waals surface area contributed by atoms with Crippen molar-refractivity contribution in [3.8, 4) is 0 Å². The topological polar surface area (TPSA) is 54.4 Å². The van der Waals surface area contributed by atoms with E-state index in [0.29, 0.717) is 28.7 Å². The quantitative estimate of drug-likeness (QED) is 0.759. The molecule has 3 heteroatoms. The van der Waals surface area contributed by atoms with Crippen LogP contribution in [0.25, 0.3) is 0 Å². The highest BCUT2D eigenvalue weighted by atomic mass is 16.3. The normalized spacial score (nSPS) is 13.1. The van der Waals surface area contributed by atoms with Crippen LogP contribution < -0.4 is 0 Å². The van der Waals surface area contributed by atoms with E-state index in [1.165, 1.54) is 0 Å². The highest BCUT2D eigenvalue weighted by molar-refractivity contribution is 6.28. The summed E-state index contributed by atoms with van der Waals surface area (Å²) in [5, 5.41) is 9.07. The molecule has 19 heavy (non-hydrogen) atoms. The third-order valence-electron chi connectivity index (χ3n) is 3.42. The lowest BCUT2D eigenvalue weighted by molar-refractivity contribution is 0.0978. The average Bonchev–Trinajstić information content (AvgIpc) is 2.45. The van der Waals surface area contributed by atoms with Crippen molar-refractivity contribution < 1.29 is 14.7 Å². The summed E-state index contributed by atoms with van der Waals surface area (Å²) in [6.07, 6.45) is 0.379. The first-order valence-electron chi connectivity index (χ1n) is 6.15. The highest BCUT2D eigenvalue weighted by Gasteiger charge is 2.30. The third-order valence-corrected chi connectivity index (χ3v) is 3.42. The van der Waals surface area contributed by atoms with E-state index in [1.54, 1.807) is 42.5 Å². The van der Waals surface area contributed by atoms with Gasteiger partial charge in [0.1, 0.15) is 0 Å². The van der Waals surface area contributed by atoms with Crippen LogP contribution >= 0.6 is 0 Å². The molecule has 0 saturated heterocycles. The SMILES string of the molecule is O=C1c2ccccc2C(=O)c2c(CCO)cccc21. The second-order valence-electron chi connectivity index (χ2n) is 4.52. The van der Waals surface area contributed by atoms with Crippen molar-refractivity contribution in [2.45, 2.75) is 6.42 Å². The Morgan fingerprint density at radius 1 is 0.789 bits per heavy atom. The van der Waals surface area contributed by atoms with Crippen LogP contribution in [0.4, 0.5) is 0 Å². The van der Waals surface area contributed by atoms with Gasteiger partial charge in [-0.2, -0.15) is 0 Å². The molecule has 0 spiro atoms. The number of fused-ring (bicyclic) bond motifs is 2. The number of hydrogen-bond donors (Lipinski definition) is 1. The number of carbonyl (C=O) groups is 2. The van der Waals surface area contributed by atoms with Gasteiger partial charge in [0.15, 0.2) is 11.6 Å². The van der Waals surface area contributed by atoms with Gasteiger partial charge in [-0.15, -0.1) is 0 Å². The van der Waals surface area contributed by atoms with E-state index in [0.717, 1.165) is 5.56 Å². The Labute approximate surface area is 110 Å². The predicted octanol–water partition coefficient (Wildman–Crippen LogP) is 2.00. The molecule has 0 saturated carbocycles. The molecule has 1 N–H and O–H groups in total. The van der Waals surface area contributed by atoms with Gasteiger partial charge >= 0.3 is 0 Å². The van der Waals surface area contributed by atoms with Gasteiger partial charge < -0.3 is 5.11 Å². The van der Waals surface area contributed by atoms with E-state index in [2.05, 4.69) is 0 Å². The van der Waals surface area contributed by atoms with Gasteiger partial charge in [-0.1, -0.05) is 42.5 Å². The number of aliphatic hydroxyl groups is 1. The first-order chi connectivity index (χ1) is 9.24. The Bertz CT molecular complexity index is 686. The molecule has 0 radical (unpaired) electrons. The van der Waals surface area contributed by atoms with Crippen molar-refractivity contribution in [3.05, 3.63) is 70.3 Å². The van der Waals surface area contributed by atoms with E-state index in [9.17, 15) is 9.59 Å². The zero-order chi connectivity index (χ0) is 13.4. The summed E-state index contributed by atoms with van der Waals surface area (Å²) in [5.41, 5.74) is 2.52. The standard InChI is InChI=1S/C16H12O3/c17-9-8-10-4-3-7-13-14(10)16(19)12-6-2-1-5-11(12)15(13)18/h1-7,17H,8-9H2. The summed E-state index contributed by atoms with van der Waals surface area (Å²) in [7, 11) is 0. The van der Waals surface area contributed by atoms with Crippen molar-refractivity contribution in [2.24, 2.45) is 0 Å². The summed E-state index contributed by atoms with van der Waals surface area (Å²) in [5.74, 6) is -0.251. The fourth-order valence-corrected chi connectivity index (χ4v) is 2.55. The lowest BCUT2D eigenvalue weighted by Gasteiger charge is -2.19. The largest absolute Gasteiger partial charge is 0.396 e. The molecule has 0 amide bonds. The lowest BCUT2D eigenvalue weighted by atomic mass is 9.81. The Morgan fingerprint density at radius 2 is 1.42 bits per heavy atom. The lowest BCUT2D eigenvalue weighted by Crippen LogP contribution is -2.22. The Morgan fingerprint density at radius 3 is 2.11 bits per heavy atom. The molecule has 0 atom stereocenters. The van der Waals surface area contributed by atoms with Gasteiger partial charge in [0.25, 0.3) is 0 Å². The van der Waals surface area contributed by atoms with Crippen molar-refractivity contribution in [1.29, 1.82) is 0 Å². The smallest absolute Gasteiger partial charge is 0.194 e. The van der Waals surface area contributed by atoms with Gasteiger partial charge in [-0.25, -0.2) is 0 Å². The molecule has 1 aliphatic carbocycles. The van der Waals surface area contributed by atoms with Crippen LogP contribution in [0.2, 0.25) is 0 Å². The second-order valence-corrected chi connectivity index (χ2v) is 4.52. The minimum Gasteiger partial charge on any atom is -0.396 e. The van der Waals surface area contributed by atoms with Crippen molar-refractivity contribution in [2.75, 3.05) is 6.61 Å². The van der Waals surface area contributed by atoms with Crippen LogP contribution in [0.1, 0.15) is 37.4 Å². The summed E-state index contributed by atoms with van der Waals surface area (Å²) < 4.78 is 0. The van der Waals surface area contributed by atoms with Gasteiger partial charge in [0.05, 0.1) is 0 Å². The molecule has 2 aromatic rings. The minimum absolute atomic E-state index is 0.0421. The monoisotopic (exact) mass is 252 g/mol. The van der Waals surface area contributed by atoms with E-state index < -0.39 is 0 Å². The molecule has 94 valence electrons. The number of carbonyl (C=O) groups excluding carboxylic acids is 2. The molecule has 0 aromatic heterocycles. The predicted molar refractivity (Wildman–Crippen MR) is 70.5 cm³/mol. The van der Waals surface area contributed by atoms with Gasteiger partial charge in [-0.3, -0.25) is 9.59 Å². The maximum atomic E-state index is 12.5. The van der Waals surface area contributed by atoms with Crippen molar-refractivity contribution >= 4 is 11.6 Å². The highest BCUT2D eigenvalue weighted by Crippen LogP contribution is 2.29. The maximum absolute atomic E-state index is 12.5. The summed E-state index contributed by atoms with van der Waals surface area (Å²) in [4.78, 5) is 24.9. The second kappa shape index (κ2) is 4.44. The van der Waals surface area contributed by atoms with Crippen LogP contribution in [0.15, 0.2) is 42.5 Å². The first-order valence-corrected chi connectivity index (χ1v) is 6.15. The number of rotatable bonds is 2. The average molecular weight is 252 g/mol. The van der Waals surface area contributed by atoms with Crippen LogP contribution in [0.3, 0.4) is 0 Å². The summed E-state index contributed by atoms with van der Waals surface area (Å²) in [6, 6.07) is 12.1. The first kappa shape index (κ1) is 11.8. The molecule has 0 unspecified atom stereocenters.